The lowest BCUT2D eigenvalue weighted by Gasteiger charge is -2.11. The fourth-order valence-corrected chi connectivity index (χ4v) is 3.35. The normalized spacial score (nSPS) is 10.9. The predicted octanol–water partition coefficient (Wildman–Crippen LogP) is 3.15. The van der Waals surface area contributed by atoms with Gasteiger partial charge in [-0.15, -0.1) is 11.3 Å². The Morgan fingerprint density at radius 2 is 1.81 bits per heavy atom. The standard InChI is InChI=1S/C20H19N3O3S/c1-13-6-5-7-14(2)20(13)26-12-18(25)23-22-17(24)10-11-19-21-15-8-3-4-9-16(15)27-19/h3-11H,12H2,1-2H3,(H,22,24)(H,23,25). The van der Waals surface area contributed by atoms with Crippen LogP contribution in [-0.4, -0.2) is 23.4 Å². The molecule has 0 saturated heterocycles. The van der Waals surface area contributed by atoms with Gasteiger partial charge in [0.1, 0.15) is 10.8 Å². The van der Waals surface area contributed by atoms with Crippen molar-refractivity contribution >= 4 is 39.4 Å². The first-order chi connectivity index (χ1) is 13.0. The van der Waals surface area contributed by atoms with Crippen LogP contribution >= 0.6 is 11.3 Å². The maximum atomic E-state index is 11.8. The van der Waals surface area contributed by atoms with Crippen molar-refractivity contribution in [3.8, 4) is 5.75 Å². The van der Waals surface area contributed by atoms with E-state index in [4.69, 9.17) is 4.74 Å². The minimum Gasteiger partial charge on any atom is -0.483 e. The van der Waals surface area contributed by atoms with Gasteiger partial charge in [0.05, 0.1) is 10.2 Å². The number of nitrogens with zero attached hydrogens (tertiary/aromatic N) is 1. The van der Waals surface area contributed by atoms with Crippen molar-refractivity contribution in [2.45, 2.75) is 13.8 Å². The molecule has 1 heterocycles. The van der Waals surface area contributed by atoms with Crippen molar-refractivity contribution in [1.82, 2.24) is 15.8 Å². The number of hydrogen-bond donors (Lipinski definition) is 2. The van der Waals surface area contributed by atoms with Crippen LogP contribution < -0.4 is 15.6 Å². The molecule has 2 N–H and O–H groups in total. The summed E-state index contributed by atoms with van der Waals surface area (Å²) in [5, 5.41) is 0.719. The first kappa shape index (κ1) is 18.6. The van der Waals surface area contributed by atoms with Crippen LogP contribution in [0.5, 0.6) is 5.75 Å². The molecule has 0 aliphatic carbocycles. The predicted molar refractivity (Wildman–Crippen MR) is 106 cm³/mol. The lowest BCUT2D eigenvalue weighted by atomic mass is 10.1. The number of hydrogen-bond acceptors (Lipinski definition) is 5. The quantitative estimate of drug-likeness (QED) is 0.526. The fourth-order valence-electron chi connectivity index (χ4n) is 2.48. The van der Waals surface area contributed by atoms with Crippen LogP contribution in [0.1, 0.15) is 16.1 Å². The third kappa shape index (κ3) is 4.92. The smallest absolute Gasteiger partial charge is 0.276 e. The summed E-state index contributed by atoms with van der Waals surface area (Å²) in [6, 6.07) is 13.5. The highest BCUT2D eigenvalue weighted by Gasteiger charge is 2.08. The van der Waals surface area contributed by atoms with Crippen molar-refractivity contribution < 1.29 is 14.3 Å². The van der Waals surface area contributed by atoms with E-state index in [9.17, 15) is 9.59 Å². The fraction of sp³-hybridized carbons (Fsp3) is 0.150. The lowest BCUT2D eigenvalue weighted by Crippen LogP contribution is -2.43. The zero-order valence-corrected chi connectivity index (χ0v) is 15.8. The molecule has 0 saturated carbocycles. The molecule has 3 aromatic rings. The van der Waals surface area contributed by atoms with E-state index < -0.39 is 11.8 Å². The molecule has 7 heteroatoms. The number of carbonyl (C=O) groups is 2. The van der Waals surface area contributed by atoms with Crippen molar-refractivity contribution in [3.63, 3.8) is 0 Å². The van der Waals surface area contributed by atoms with E-state index >= 15 is 0 Å². The number of hydrazine groups is 1. The zero-order chi connectivity index (χ0) is 19.2. The van der Waals surface area contributed by atoms with Gasteiger partial charge in [-0.2, -0.15) is 0 Å². The number of ether oxygens (including phenoxy) is 1. The number of benzene rings is 2. The molecule has 3 rings (SSSR count). The Balaban J connectivity index is 1.47. The van der Waals surface area contributed by atoms with Gasteiger partial charge in [-0.05, 0) is 43.2 Å². The Kier molecular flexibility index (Phi) is 5.83. The van der Waals surface area contributed by atoms with Gasteiger partial charge in [0, 0.05) is 6.08 Å². The van der Waals surface area contributed by atoms with E-state index in [0.717, 1.165) is 26.4 Å². The summed E-state index contributed by atoms with van der Waals surface area (Å²) in [5.41, 5.74) is 7.43. The van der Waals surface area contributed by atoms with E-state index in [1.807, 2.05) is 56.3 Å². The minimum absolute atomic E-state index is 0.187. The molecule has 1 aromatic heterocycles. The van der Waals surface area contributed by atoms with Gasteiger partial charge in [-0.1, -0.05) is 30.3 Å². The third-order valence-electron chi connectivity index (χ3n) is 3.77. The molecule has 2 aromatic carbocycles. The van der Waals surface area contributed by atoms with E-state index in [0.29, 0.717) is 5.75 Å². The average molecular weight is 381 g/mol. The largest absolute Gasteiger partial charge is 0.483 e. The maximum absolute atomic E-state index is 11.8. The molecule has 0 radical (unpaired) electrons. The number of carbonyl (C=O) groups excluding carboxylic acids is 2. The van der Waals surface area contributed by atoms with Crippen LogP contribution in [0.4, 0.5) is 0 Å². The second kappa shape index (κ2) is 8.46. The van der Waals surface area contributed by atoms with Crippen LogP contribution in [0.3, 0.4) is 0 Å². The first-order valence-corrected chi connectivity index (χ1v) is 9.16. The van der Waals surface area contributed by atoms with E-state index in [2.05, 4.69) is 15.8 Å². The lowest BCUT2D eigenvalue weighted by molar-refractivity contribution is -0.128. The van der Waals surface area contributed by atoms with Gasteiger partial charge in [-0.25, -0.2) is 4.98 Å². The molecule has 27 heavy (non-hydrogen) atoms. The summed E-state index contributed by atoms with van der Waals surface area (Å²) in [7, 11) is 0. The Morgan fingerprint density at radius 3 is 2.56 bits per heavy atom. The van der Waals surface area contributed by atoms with Gasteiger partial charge in [-0.3, -0.25) is 20.4 Å². The average Bonchev–Trinajstić information content (AvgIpc) is 3.07. The number of nitrogens with one attached hydrogen (secondary N) is 2. The number of aryl methyl sites for hydroxylation is 2. The molecule has 0 spiro atoms. The van der Waals surface area contributed by atoms with Gasteiger partial charge < -0.3 is 4.74 Å². The number of amides is 2. The van der Waals surface area contributed by atoms with Crippen molar-refractivity contribution in [3.05, 3.63) is 64.7 Å². The van der Waals surface area contributed by atoms with Crippen LogP contribution in [0, 0.1) is 13.8 Å². The Bertz CT molecular complexity index is 957. The first-order valence-electron chi connectivity index (χ1n) is 8.34. The molecule has 6 nitrogen and oxygen atoms in total. The van der Waals surface area contributed by atoms with E-state index in [1.54, 1.807) is 6.08 Å². The summed E-state index contributed by atoms with van der Waals surface area (Å²) in [6.07, 6.45) is 2.93. The van der Waals surface area contributed by atoms with Crippen molar-refractivity contribution in [1.29, 1.82) is 0 Å². The molecule has 0 unspecified atom stereocenters. The molecule has 138 valence electrons. The molecule has 0 atom stereocenters. The Labute approximate surface area is 160 Å². The molecule has 2 amide bonds. The van der Waals surface area contributed by atoms with Crippen molar-refractivity contribution in [2.24, 2.45) is 0 Å². The number of rotatable bonds is 5. The summed E-state index contributed by atoms with van der Waals surface area (Å²) >= 11 is 1.49. The summed E-state index contributed by atoms with van der Waals surface area (Å²) in [5.74, 6) is -0.219. The topological polar surface area (TPSA) is 80.3 Å². The van der Waals surface area contributed by atoms with Crippen LogP contribution in [0.2, 0.25) is 0 Å². The summed E-state index contributed by atoms with van der Waals surface area (Å²) < 4.78 is 6.59. The SMILES string of the molecule is Cc1cccc(C)c1OCC(=O)NNC(=O)C=Cc1nc2ccccc2s1. The second-order valence-electron chi connectivity index (χ2n) is 5.90. The van der Waals surface area contributed by atoms with Crippen molar-refractivity contribution in [2.75, 3.05) is 6.61 Å². The van der Waals surface area contributed by atoms with Crippen LogP contribution in [0.15, 0.2) is 48.5 Å². The van der Waals surface area contributed by atoms with Gasteiger partial charge >= 0.3 is 0 Å². The number of thiazole rings is 1. The van der Waals surface area contributed by atoms with Gasteiger partial charge in [0.25, 0.3) is 11.8 Å². The van der Waals surface area contributed by atoms with Crippen LogP contribution in [0.25, 0.3) is 16.3 Å². The van der Waals surface area contributed by atoms with E-state index in [-0.39, 0.29) is 6.61 Å². The molecular weight excluding hydrogens is 362 g/mol. The van der Waals surface area contributed by atoms with Gasteiger partial charge in [0.2, 0.25) is 0 Å². The number of para-hydroxylation sites is 2. The molecule has 0 bridgehead atoms. The van der Waals surface area contributed by atoms with Gasteiger partial charge in [0.15, 0.2) is 6.61 Å². The highest BCUT2D eigenvalue weighted by Crippen LogP contribution is 2.23. The van der Waals surface area contributed by atoms with E-state index in [1.165, 1.54) is 17.4 Å². The highest BCUT2D eigenvalue weighted by atomic mass is 32.1. The second-order valence-corrected chi connectivity index (χ2v) is 6.96. The highest BCUT2D eigenvalue weighted by molar-refractivity contribution is 7.19. The third-order valence-corrected chi connectivity index (χ3v) is 4.77. The number of fused-ring (bicyclic) bond motifs is 1. The Hall–Kier alpha value is -3.19. The molecule has 0 aliphatic rings. The summed E-state index contributed by atoms with van der Waals surface area (Å²) in [4.78, 5) is 28.1. The zero-order valence-electron chi connectivity index (χ0n) is 15.0. The van der Waals surface area contributed by atoms with Crippen LogP contribution in [-0.2, 0) is 9.59 Å². The molecular formula is C20H19N3O3S. The molecule has 0 aliphatic heterocycles. The maximum Gasteiger partial charge on any atom is 0.276 e. The number of aromatic nitrogens is 1. The Morgan fingerprint density at radius 1 is 1.07 bits per heavy atom. The minimum atomic E-state index is -0.449. The summed E-state index contributed by atoms with van der Waals surface area (Å²) in [6.45, 7) is 3.64. The monoisotopic (exact) mass is 381 g/mol. The molecule has 0 fully saturated rings.